The summed E-state index contributed by atoms with van der Waals surface area (Å²) in [4.78, 5) is 16.6. The Bertz CT molecular complexity index is 1020. The van der Waals surface area contributed by atoms with E-state index in [0.29, 0.717) is 11.3 Å². The summed E-state index contributed by atoms with van der Waals surface area (Å²) in [5.41, 5.74) is 3.52. The van der Waals surface area contributed by atoms with Gasteiger partial charge < -0.3 is 14.5 Å². The van der Waals surface area contributed by atoms with Crippen molar-refractivity contribution in [3.63, 3.8) is 0 Å². The third kappa shape index (κ3) is 3.60. The van der Waals surface area contributed by atoms with Crippen molar-refractivity contribution >= 4 is 39.1 Å². The number of anilines is 2. The van der Waals surface area contributed by atoms with Crippen LogP contribution in [-0.4, -0.2) is 11.0 Å². The Balaban J connectivity index is 1.38. The fourth-order valence-electron chi connectivity index (χ4n) is 2.48. The number of thiazole rings is 1. The Morgan fingerprint density at radius 1 is 1.19 bits per heavy atom. The van der Waals surface area contributed by atoms with Crippen LogP contribution in [0.5, 0.6) is 0 Å². The molecule has 0 radical (unpaired) electrons. The first-order valence-electron chi connectivity index (χ1n) is 8.11. The number of nitrogens with one attached hydrogen (secondary N) is 1. The van der Waals surface area contributed by atoms with Crippen LogP contribution in [0.2, 0.25) is 0 Å². The van der Waals surface area contributed by atoms with Crippen LogP contribution in [0.15, 0.2) is 64.4 Å². The molecule has 5 nitrogen and oxygen atoms in total. The van der Waals surface area contributed by atoms with E-state index in [-0.39, 0.29) is 12.4 Å². The average molecular weight is 364 g/mol. The van der Waals surface area contributed by atoms with Crippen molar-refractivity contribution in [1.29, 1.82) is 0 Å². The van der Waals surface area contributed by atoms with E-state index in [1.807, 2.05) is 60.8 Å². The number of benzene rings is 2. The number of rotatable bonds is 5. The molecule has 0 aliphatic rings. The predicted molar refractivity (Wildman–Crippen MR) is 102 cm³/mol. The number of furan rings is 1. The smallest absolute Gasteiger partial charge is 0.374 e. The lowest BCUT2D eigenvalue weighted by atomic mass is 10.2. The molecule has 130 valence electrons. The first-order valence-corrected chi connectivity index (χ1v) is 8.99. The summed E-state index contributed by atoms with van der Waals surface area (Å²) in [6.45, 7) is 2.14. The van der Waals surface area contributed by atoms with E-state index in [1.165, 1.54) is 16.9 Å². The van der Waals surface area contributed by atoms with Gasteiger partial charge in [-0.15, -0.1) is 11.3 Å². The SMILES string of the molecule is Cc1ccc(Nc2nc(COC(=O)c3cc4ccccc4o3)cs2)cc1. The Kier molecular flexibility index (Phi) is 4.41. The fraction of sp³-hybridized carbons (Fsp3) is 0.100. The summed E-state index contributed by atoms with van der Waals surface area (Å²) in [6, 6.07) is 17.2. The molecule has 0 aliphatic heterocycles. The quantitative estimate of drug-likeness (QED) is 0.487. The van der Waals surface area contributed by atoms with Crippen LogP contribution in [-0.2, 0) is 11.3 Å². The molecule has 2 aromatic carbocycles. The average Bonchev–Trinajstić information content (AvgIpc) is 3.28. The highest BCUT2D eigenvalue weighted by Crippen LogP contribution is 2.23. The standard InChI is InChI=1S/C20H16N2O3S/c1-13-6-8-15(9-7-13)21-20-22-16(12-26-20)11-24-19(23)18-10-14-4-2-3-5-17(14)25-18/h2-10,12H,11H2,1H3,(H,21,22). The molecular formula is C20H16N2O3S. The normalized spacial score (nSPS) is 10.8. The largest absolute Gasteiger partial charge is 0.453 e. The lowest BCUT2D eigenvalue weighted by Gasteiger charge is -2.02. The van der Waals surface area contributed by atoms with E-state index in [4.69, 9.17) is 9.15 Å². The Hall–Kier alpha value is -3.12. The van der Waals surface area contributed by atoms with Crippen LogP contribution in [0.4, 0.5) is 10.8 Å². The van der Waals surface area contributed by atoms with Crippen molar-refractivity contribution in [2.24, 2.45) is 0 Å². The zero-order chi connectivity index (χ0) is 17.9. The summed E-state index contributed by atoms with van der Waals surface area (Å²) in [6.07, 6.45) is 0. The van der Waals surface area contributed by atoms with Gasteiger partial charge in [-0.3, -0.25) is 0 Å². The molecule has 4 aromatic rings. The monoisotopic (exact) mass is 364 g/mol. The second-order valence-corrected chi connectivity index (χ2v) is 6.72. The van der Waals surface area contributed by atoms with E-state index < -0.39 is 5.97 Å². The molecule has 1 N–H and O–H groups in total. The van der Waals surface area contributed by atoms with Crippen LogP contribution in [0.25, 0.3) is 11.0 Å². The number of para-hydroxylation sites is 1. The predicted octanol–water partition coefficient (Wildman–Crippen LogP) is 5.30. The summed E-state index contributed by atoms with van der Waals surface area (Å²) >= 11 is 1.46. The van der Waals surface area contributed by atoms with Gasteiger partial charge in [-0.05, 0) is 31.2 Å². The molecule has 0 amide bonds. The number of hydrogen-bond acceptors (Lipinski definition) is 6. The summed E-state index contributed by atoms with van der Waals surface area (Å²) < 4.78 is 10.8. The number of aromatic nitrogens is 1. The first-order chi connectivity index (χ1) is 12.7. The number of hydrogen-bond donors (Lipinski definition) is 1. The fourth-order valence-corrected chi connectivity index (χ4v) is 3.20. The Morgan fingerprint density at radius 3 is 2.81 bits per heavy atom. The minimum absolute atomic E-state index is 0.0992. The molecule has 0 aliphatic carbocycles. The van der Waals surface area contributed by atoms with Crippen molar-refractivity contribution in [3.8, 4) is 0 Å². The van der Waals surface area contributed by atoms with Crippen LogP contribution < -0.4 is 5.32 Å². The van der Waals surface area contributed by atoms with Gasteiger partial charge in [0.15, 0.2) is 5.13 Å². The van der Waals surface area contributed by atoms with E-state index >= 15 is 0 Å². The molecule has 0 saturated heterocycles. The lowest BCUT2D eigenvalue weighted by Crippen LogP contribution is -2.04. The molecule has 0 bridgehead atoms. The van der Waals surface area contributed by atoms with Gasteiger partial charge >= 0.3 is 5.97 Å². The highest BCUT2D eigenvalue weighted by atomic mass is 32.1. The maximum atomic E-state index is 12.2. The number of ether oxygens (including phenoxy) is 1. The highest BCUT2D eigenvalue weighted by Gasteiger charge is 2.14. The van der Waals surface area contributed by atoms with Gasteiger partial charge in [0.1, 0.15) is 12.2 Å². The molecule has 2 aromatic heterocycles. The molecule has 0 atom stereocenters. The third-order valence-electron chi connectivity index (χ3n) is 3.83. The van der Waals surface area contributed by atoms with Gasteiger partial charge in [0.25, 0.3) is 0 Å². The highest BCUT2D eigenvalue weighted by molar-refractivity contribution is 7.13. The maximum Gasteiger partial charge on any atom is 0.374 e. The van der Waals surface area contributed by atoms with E-state index in [9.17, 15) is 4.79 Å². The van der Waals surface area contributed by atoms with E-state index in [1.54, 1.807) is 6.07 Å². The van der Waals surface area contributed by atoms with Gasteiger partial charge in [0.05, 0.1) is 5.69 Å². The van der Waals surface area contributed by atoms with Crippen molar-refractivity contribution in [1.82, 2.24) is 4.98 Å². The molecule has 26 heavy (non-hydrogen) atoms. The van der Waals surface area contributed by atoms with E-state index in [0.717, 1.165) is 16.2 Å². The second-order valence-electron chi connectivity index (χ2n) is 5.86. The van der Waals surface area contributed by atoms with E-state index in [2.05, 4.69) is 10.3 Å². The van der Waals surface area contributed by atoms with Gasteiger partial charge in [-0.2, -0.15) is 0 Å². The molecule has 4 rings (SSSR count). The third-order valence-corrected chi connectivity index (χ3v) is 4.64. The lowest BCUT2D eigenvalue weighted by molar-refractivity contribution is 0.0434. The van der Waals surface area contributed by atoms with Crippen molar-refractivity contribution < 1.29 is 13.9 Å². The minimum Gasteiger partial charge on any atom is -0.453 e. The number of carbonyl (C=O) groups is 1. The number of nitrogens with zero attached hydrogens (tertiary/aromatic N) is 1. The minimum atomic E-state index is -0.498. The molecule has 6 heteroatoms. The zero-order valence-electron chi connectivity index (χ0n) is 14.1. The number of fused-ring (bicyclic) bond motifs is 1. The Morgan fingerprint density at radius 2 is 2.00 bits per heavy atom. The van der Waals surface area contributed by atoms with Crippen LogP contribution in [0, 0.1) is 6.92 Å². The summed E-state index contributed by atoms with van der Waals surface area (Å²) in [7, 11) is 0. The number of carbonyl (C=O) groups excluding carboxylic acids is 1. The summed E-state index contributed by atoms with van der Waals surface area (Å²) in [5.74, 6) is -0.304. The molecule has 0 spiro atoms. The Labute approximate surface area is 154 Å². The van der Waals surface area contributed by atoms with Crippen LogP contribution in [0.1, 0.15) is 21.8 Å². The van der Waals surface area contributed by atoms with Gasteiger partial charge in [-0.25, -0.2) is 9.78 Å². The molecule has 0 saturated carbocycles. The zero-order valence-corrected chi connectivity index (χ0v) is 14.9. The van der Waals surface area contributed by atoms with Gasteiger partial charge in [0, 0.05) is 16.5 Å². The second kappa shape index (κ2) is 7.01. The molecule has 0 fully saturated rings. The molecule has 0 unspecified atom stereocenters. The topological polar surface area (TPSA) is 64.4 Å². The van der Waals surface area contributed by atoms with Crippen LogP contribution in [0.3, 0.4) is 0 Å². The van der Waals surface area contributed by atoms with Crippen molar-refractivity contribution in [2.75, 3.05) is 5.32 Å². The van der Waals surface area contributed by atoms with Gasteiger partial charge in [-0.1, -0.05) is 35.9 Å². The first kappa shape index (κ1) is 16.4. The van der Waals surface area contributed by atoms with Gasteiger partial charge in [0.2, 0.25) is 5.76 Å². The number of esters is 1. The molecular weight excluding hydrogens is 348 g/mol. The van der Waals surface area contributed by atoms with Crippen molar-refractivity contribution in [2.45, 2.75) is 13.5 Å². The number of aryl methyl sites for hydroxylation is 1. The van der Waals surface area contributed by atoms with Crippen molar-refractivity contribution in [3.05, 3.63) is 77.0 Å². The molecule has 2 heterocycles. The summed E-state index contributed by atoms with van der Waals surface area (Å²) in [5, 5.41) is 6.73. The van der Waals surface area contributed by atoms with Crippen LogP contribution >= 0.6 is 11.3 Å². The maximum absolute atomic E-state index is 12.2.